The van der Waals surface area contributed by atoms with Crippen LogP contribution in [-0.4, -0.2) is 43.5 Å². The van der Waals surface area contributed by atoms with Gasteiger partial charge in [-0.1, -0.05) is 29.3 Å². The average Bonchev–Trinajstić information content (AvgIpc) is 2.88. The number of hydrogen-bond donors (Lipinski definition) is 2. The van der Waals surface area contributed by atoms with Gasteiger partial charge in [-0.2, -0.15) is 0 Å². The van der Waals surface area contributed by atoms with E-state index in [0.717, 1.165) is 19.5 Å². The first kappa shape index (κ1) is 17.5. The van der Waals surface area contributed by atoms with E-state index in [1.54, 1.807) is 18.2 Å². The van der Waals surface area contributed by atoms with Crippen LogP contribution in [0.3, 0.4) is 0 Å². The van der Waals surface area contributed by atoms with E-state index in [1.807, 2.05) is 11.9 Å². The van der Waals surface area contributed by atoms with Gasteiger partial charge in [-0.15, -0.1) is 12.4 Å². The molecule has 2 rings (SSSR count). The predicted octanol–water partition coefficient (Wildman–Crippen LogP) is 2.65. The van der Waals surface area contributed by atoms with Crippen LogP contribution in [0, 0.1) is 0 Å². The summed E-state index contributed by atoms with van der Waals surface area (Å²) in [6.07, 6.45) is 1.07. The van der Waals surface area contributed by atoms with Gasteiger partial charge < -0.3 is 10.6 Å². The molecule has 0 radical (unpaired) electrons. The minimum atomic E-state index is -0.0847. The first-order valence-corrected chi connectivity index (χ1v) is 6.98. The van der Waals surface area contributed by atoms with Crippen molar-refractivity contribution >= 4 is 47.2 Å². The van der Waals surface area contributed by atoms with E-state index in [0.29, 0.717) is 28.3 Å². The molecule has 1 aromatic carbocycles. The van der Waals surface area contributed by atoms with Gasteiger partial charge in [0.2, 0.25) is 5.91 Å². The molecule has 4 nitrogen and oxygen atoms in total. The van der Waals surface area contributed by atoms with Crippen LogP contribution in [0.5, 0.6) is 0 Å². The summed E-state index contributed by atoms with van der Waals surface area (Å²) in [5.41, 5.74) is 0.553. The average molecular weight is 339 g/mol. The highest BCUT2D eigenvalue weighted by molar-refractivity contribution is 6.43. The lowest BCUT2D eigenvalue weighted by Crippen LogP contribution is -2.39. The molecule has 0 bridgehead atoms. The van der Waals surface area contributed by atoms with Crippen molar-refractivity contribution in [2.75, 3.05) is 32.0 Å². The third kappa shape index (κ3) is 4.50. The van der Waals surface area contributed by atoms with Crippen molar-refractivity contribution in [1.82, 2.24) is 10.2 Å². The van der Waals surface area contributed by atoms with E-state index in [2.05, 4.69) is 10.6 Å². The second-order valence-corrected chi connectivity index (χ2v) is 5.50. The Balaban J connectivity index is 0.00000200. The molecule has 2 N–H and O–H groups in total. The van der Waals surface area contributed by atoms with Crippen molar-refractivity contribution in [3.63, 3.8) is 0 Å². The van der Waals surface area contributed by atoms with Crippen LogP contribution in [0.25, 0.3) is 0 Å². The quantitative estimate of drug-likeness (QED) is 0.887. The summed E-state index contributed by atoms with van der Waals surface area (Å²) in [6.45, 7) is 2.29. The van der Waals surface area contributed by atoms with Gasteiger partial charge in [0.1, 0.15) is 0 Å². The molecule has 1 saturated heterocycles. The number of rotatable bonds is 4. The smallest absolute Gasteiger partial charge is 0.238 e. The van der Waals surface area contributed by atoms with Crippen LogP contribution in [0.2, 0.25) is 10.0 Å². The molecule has 1 heterocycles. The third-order valence-electron chi connectivity index (χ3n) is 3.28. The lowest BCUT2D eigenvalue weighted by molar-refractivity contribution is -0.117. The fraction of sp³-hybridized carbons (Fsp3) is 0.462. The predicted molar refractivity (Wildman–Crippen MR) is 86.2 cm³/mol. The van der Waals surface area contributed by atoms with E-state index in [4.69, 9.17) is 23.2 Å². The number of amides is 1. The summed E-state index contributed by atoms with van der Waals surface area (Å²) in [6, 6.07) is 5.61. The molecule has 1 unspecified atom stereocenters. The molecule has 1 fully saturated rings. The van der Waals surface area contributed by atoms with Crippen molar-refractivity contribution in [3.8, 4) is 0 Å². The van der Waals surface area contributed by atoms with E-state index in [1.165, 1.54) is 0 Å². The van der Waals surface area contributed by atoms with Crippen LogP contribution in [0.15, 0.2) is 18.2 Å². The Morgan fingerprint density at radius 3 is 2.90 bits per heavy atom. The molecule has 1 aromatic rings. The first-order chi connectivity index (χ1) is 9.08. The highest BCUT2D eigenvalue weighted by Gasteiger charge is 2.21. The number of nitrogens with one attached hydrogen (secondary N) is 2. The lowest BCUT2D eigenvalue weighted by Gasteiger charge is -2.22. The van der Waals surface area contributed by atoms with Gasteiger partial charge >= 0.3 is 0 Å². The van der Waals surface area contributed by atoms with Gasteiger partial charge in [0.15, 0.2) is 0 Å². The molecule has 1 aliphatic rings. The minimum Gasteiger partial charge on any atom is -0.324 e. The van der Waals surface area contributed by atoms with Crippen molar-refractivity contribution in [3.05, 3.63) is 28.2 Å². The topological polar surface area (TPSA) is 44.4 Å². The van der Waals surface area contributed by atoms with Crippen LogP contribution in [0.4, 0.5) is 5.69 Å². The molecule has 0 aliphatic carbocycles. The number of likely N-dealkylation sites (N-methyl/N-ethyl adjacent to an activating group) is 1. The fourth-order valence-electron chi connectivity index (χ4n) is 2.16. The van der Waals surface area contributed by atoms with Gasteiger partial charge in [0, 0.05) is 12.6 Å². The third-order valence-corrected chi connectivity index (χ3v) is 4.10. The zero-order valence-electron chi connectivity index (χ0n) is 11.2. The molecule has 0 aromatic heterocycles. The summed E-state index contributed by atoms with van der Waals surface area (Å²) < 4.78 is 0. The van der Waals surface area contributed by atoms with Gasteiger partial charge in [-0.3, -0.25) is 9.69 Å². The number of carbonyl (C=O) groups excluding carboxylic acids is 1. The lowest BCUT2D eigenvalue weighted by atomic mass is 10.2. The van der Waals surface area contributed by atoms with Crippen LogP contribution < -0.4 is 10.6 Å². The summed E-state index contributed by atoms with van der Waals surface area (Å²) in [5, 5.41) is 6.88. The minimum absolute atomic E-state index is 0. The van der Waals surface area contributed by atoms with E-state index in [9.17, 15) is 4.79 Å². The number of halogens is 3. The fourth-order valence-corrected chi connectivity index (χ4v) is 2.51. The molecule has 20 heavy (non-hydrogen) atoms. The van der Waals surface area contributed by atoms with Gasteiger partial charge in [0.25, 0.3) is 0 Å². The summed E-state index contributed by atoms with van der Waals surface area (Å²) in [4.78, 5) is 14.0. The van der Waals surface area contributed by atoms with Gasteiger partial charge in [-0.05, 0) is 32.1 Å². The summed E-state index contributed by atoms with van der Waals surface area (Å²) in [7, 11) is 1.96. The number of anilines is 1. The second kappa shape index (κ2) is 8.05. The molecular weight excluding hydrogens is 321 g/mol. The molecular formula is C13H18Cl3N3O. The van der Waals surface area contributed by atoms with Crippen LogP contribution in [0.1, 0.15) is 6.42 Å². The largest absolute Gasteiger partial charge is 0.324 e. The van der Waals surface area contributed by atoms with Gasteiger partial charge in [0.05, 0.1) is 22.3 Å². The Kier molecular flexibility index (Phi) is 7.06. The summed E-state index contributed by atoms with van der Waals surface area (Å²) >= 11 is 11.9. The molecule has 1 amide bonds. The zero-order chi connectivity index (χ0) is 13.8. The number of carbonyl (C=O) groups is 1. The highest BCUT2D eigenvalue weighted by Crippen LogP contribution is 2.29. The number of benzene rings is 1. The maximum Gasteiger partial charge on any atom is 0.238 e. The Morgan fingerprint density at radius 1 is 1.50 bits per heavy atom. The monoisotopic (exact) mass is 337 g/mol. The van der Waals surface area contributed by atoms with E-state index in [-0.39, 0.29) is 18.3 Å². The van der Waals surface area contributed by atoms with E-state index < -0.39 is 0 Å². The molecule has 112 valence electrons. The van der Waals surface area contributed by atoms with Crippen LogP contribution in [-0.2, 0) is 4.79 Å². The number of hydrogen-bond acceptors (Lipinski definition) is 3. The Morgan fingerprint density at radius 2 is 2.25 bits per heavy atom. The molecule has 7 heteroatoms. The molecule has 0 spiro atoms. The standard InChI is InChI=1S/C13H17Cl2N3O.ClH/c1-18(9-5-6-16-7-9)8-12(19)17-11-4-2-3-10(14)13(11)15;/h2-4,9,16H,5-8H2,1H3,(H,17,19);1H. The van der Waals surface area contributed by atoms with Crippen molar-refractivity contribution < 1.29 is 4.79 Å². The van der Waals surface area contributed by atoms with Crippen LogP contribution >= 0.6 is 35.6 Å². The Hall–Kier alpha value is -0.520. The Bertz CT molecular complexity index is 464. The first-order valence-electron chi connectivity index (χ1n) is 6.22. The van der Waals surface area contributed by atoms with E-state index >= 15 is 0 Å². The Labute approximate surface area is 135 Å². The SMILES string of the molecule is CN(CC(=O)Nc1cccc(Cl)c1Cl)C1CCNC1.Cl. The van der Waals surface area contributed by atoms with Crippen molar-refractivity contribution in [1.29, 1.82) is 0 Å². The normalized spacial score (nSPS) is 17.9. The van der Waals surface area contributed by atoms with Crippen molar-refractivity contribution in [2.24, 2.45) is 0 Å². The highest BCUT2D eigenvalue weighted by atomic mass is 35.5. The van der Waals surface area contributed by atoms with Gasteiger partial charge in [-0.25, -0.2) is 0 Å². The molecule has 1 atom stereocenters. The number of nitrogens with zero attached hydrogens (tertiary/aromatic N) is 1. The maximum atomic E-state index is 12.0. The van der Waals surface area contributed by atoms with Crippen molar-refractivity contribution in [2.45, 2.75) is 12.5 Å². The summed E-state index contributed by atoms with van der Waals surface area (Å²) in [5.74, 6) is -0.0847. The molecule has 1 aliphatic heterocycles. The zero-order valence-corrected chi connectivity index (χ0v) is 13.5. The molecule has 0 saturated carbocycles. The second-order valence-electron chi connectivity index (χ2n) is 4.71. The maximum absolute atomic E-state index is 12.0.